The molecule has 0 spiro atoms. The molecule has 2 amide bonds. The molecule has 0 bridgehead atoms. The zero-order valence-corrected chi connectivity index (χ0v) is 12.5. The number of anilines is 1. The van der Waals surface area contributed by atoms with E-state index in [0.29, 0.717) is 12.5 Å². The van der Waals surface area contributed by atoms with Crippen molar-refractivity contribution in [2.45, 2.75) is 32.7 Å². The quantitative estimate of drug-likeness (QED) is 0.801. The molecule has 1 heterocycles. The fourth-order valence-corrected chi connectivity index (χ4v) is 2.00. The van der Waals surface area contributed by atoms with Gasteiger partial charge in [-0.2, -0.15) is 5.10 Å². The van der Waals surface area contributed by atoms with Crippen LogP contribution in [0.1, 0.15) is 31.7 Å². The van der Waals surface area contributed by atoms with Gasteiger partial charge in [0.1, 0.15) is 0 Å². The normalized spacial score (nSPS) is 10.6. The highest BCUT2D eigenvalue weighted by molar-refractivity contribution is 5.89. The highest BCUT2D eigenvalue weighted by Gasteiger charge is 2.02. The Morgan fingerprint density at radius 3 is 2.67 bits per heavy atom. The van der Waals surface area contributed by atoms with E-state index < -0.39 is 0 Å². The molecule has 0 aliphatic rings. The van der Waals surface area contributed by atoms with Crippen molar-refractivity contribution in [1.82, 2.24) is 15.1 Å². The van der Waals surface area contributed by atoms with Gasteiger partial charge in [-0.1, -0.05) is 26.0 Å². The maximum Gasteiger partial charge on any atom is 0.319 e. The highest BCUT2D eigenvalue weighted by atomic mass is 16.2. The molecule has 0 saturated heterocycles. The number of nitrogens with one attached hydrogen (secondary N) is 2. The van der Waals surface area contributed by atoms with Gasteiger partial charge >= 0.3 is 6.03 Å². The van der Waals surface area contributed by atoms with Gasteiger partial charge in [0.05, 0.1) is 0 Å². The molecule has 1 aromatic heterocycles. The van der Waals surface area contributed by atoms with Crippen LogP contribution < -0.4 is 10.6 Å². The number of aryl methyl sites for hydroxylation is 1. The van der Waals surface area contributed by atoms with E-state index in [1.54, 1.807) is 6.20 Å². The summed E-state index contributed by atoms with van der Waals surface area (Å²) in [6.07, 6.45) is 4.51. The van der Waals surface area contributed by atoms with Gasteiger partial charge in [-0.05, 0) is 36.1 Å². The summed E-state index contributed by atoms with van der Waals surface area (Å²) >= 11 is 0. The smallest absolute Gasteiger partial charge is 0.319 e. The molecular weight excluding hydrogens is 264 g/mol. The van der Waals surface area contributed by atoms with Gasteiger partial charge in [-0.3, -0.25) is 4.68 Å². The van der Waals surface area contributed by atoms with Crippen LogP contribution in [0.3, 0.4) is 0 Å². The van der Waals surface area contributed by atoms with Crippen LogP contribution in [0, 0.1) is 0 Å². The fraction of sp³-hybridized carbons (Fsp3) is 0.375. The second kappa shape index (κ2) is 7.47. The Labute approximate surface area is 125 Å². The summed E-state index contributed by atoms with van der Waals surface area (Å²) in [5.41, 5.74) is 2.07. The highest BCUT2D eigenvalue weighted by Crippen LogP contribution is 2.16. The summed E-state index contributed by atoms with van der Waals surface area (Å²) in [7, 11) is 0. The number of hydrogen-bond acceptors (Lipinski definition) is 2. The standard InChI is InChI=1S/C16H22N4O/c1-13(2)14-5-7-15(8-6-14)19-16(21)17-9-3-11-20-12-4-10-18-20/h4-8,10,12-13H,3,9,11H2,1-2H3,(H2,17,19,21). The van der Waals surface area contributed by atoms with E-state index in [0.717, 1.165) is 18.7 Å². The summed E-state index contributed by atoms with van der Waals surface area (Å²) in [4.78, 5) is 11.7. The number of carbonyl (C=O) groups is 1. The van der Waals surface area contributed by atoms with Crippen LogP contribution in [0.5, 0.6) is 0 Å². The van der Waals surface area contributed by atoms with Gasteiger partial charge in [0, 0.05) is 31.2 Å². The number of carbonyl (C=O) groups excluding carboxylic acids is 1. The molecule has 2 aromatic rings. The molecule has 2 N–H and O–H groups in total. The van der Waals surface area contributed by atoms with E-state index in [4.69, 9.17) is 0 Å². The summed E-state index contributed by atoms with van der Waals surface area (Å²) < 4.78 is 1.85. The topological polar surface area (TPSA) is 59.0 Å². The molecule has 0 atom stereocenters. The van der Waals surface area contributed by atoms with Gasteiger partial charge in [0.25, 0.3) is 0 Å². The van der Waals surface area contributed by atoms with Crippen LogP contribution in [0.25, 0.3) is 0 Å². The van der Waals surface area contributed by atoms with Crippen molar-refractivity contribution in [3.8, 4) is 0 Å². The van der Waals surface area contributed by atoms with Gasteiger partial charge in [-0.25, -0.2) is 4.79 Å². The minimum atomic E-state index is -0.173. The maximum absolute atomic E-state index is 11.7. The van der Waals surface area contributed by atoms with E-state index in [-0.39, 0.29) is 6.03 Å². The van der Waals surface area contributed by atoms with E-state index in [1.165, 1.54) is 5.56 Å². The summed E-state index contributed by atoms with van der Waals surface area (Å²) in [6.45, 7) is 5.72. The lowest BCUT2D eigenvalue weighted by atomic mass is 10.0. The minimum Gasteiger partial charge on any atom is -0.338 e. The van der Waals surface area contributed by atoms with E-state index >= 15 is 0 Å². The molecule has 0 aliphatic heterocycles. The molecule has 5 heteroatoms. The largest absolute Gasteiger partial charge is 0.338 e. The molecule has 0 unspecified atom stereocenters. The van der Waals surface area contributed by atoms with Crippen molar-refractivity contribution in [2.75, 3.05) is 11.9 Å². The third kappa shape index (κ3) is 4.95. The first kappa shape index (κ1) is 15.1. The van der Waals surface area contributed by atoms with E-state index in [2.05, 4.69) is 29.6 Å². The monoisotopic (exact) mass is 286 g/mol. The number of rotatable bonds is 6. The third-order valence-electron chi connectivity index (χ3n) is 3.24. The van der Waals surface area contributed by atoms with Crippen LogP contribution in [-0.2, 0) is 6.54 Å². The van der Waals surface area contributed by atoms with Crippen molar-refractivity contribution >= 4 is 11.7 Å². The van der Waals surface area contributed by atoms with Gasteiger partial charge in [-0.15, -0.1) is 0 Å². The van der Waals surface area contributed by atoms with Crippen LogP contribution in [-0.4, -0.2) is 22.4 Å². The van der Waals surface area contributed by atoms with Crippen molar-refractivity contribution in [2.24, 2.45) is 0 Å². The molecule has 0 saturated carbocycles. The SMILES string of the molecule is CC(C)c1ccc(NC(=O)NCCCn2cccn2)cc1. The zero-order valence-electron chi connectivity index (χ0n) is 12.5. The average molecular weight is 286 g/mol. The number of aromatic nitrogens is 2. The molecule has 2 rings (SSSR count). The maximum atomic E-state index is 11.7. The number of benzene rings is 1. The van der Waals surface area contributed by atoms with Crippen molar-refractivity contribution in [3.05, 3.63) is 48.3 Å². The first-order chi connectivity index (χ1) is 10.1. The predicted octanol–water partition coefficient (Wildman–Crippen LogP) is 3.22. The summed E-state index contributed by atoms with van der Waals surface area (Å²) in [5, 5.41) is 9.78. The average Bonchev–Trinajstić information content (AvgIpc) is 2.97. The Bertz CT molecular complexity index is 546. The lowest BCUT2D eigenvalue weighted by molar-refractivity contribution is 0.251. The first-order valence-corrected chi connectivity index (χ1v) is 7.27. The second-order valence-corrected chi connectivity index (χ2v) is 5.28. The number of hydrogen-bond donors (Lipinski definition) is 2. The van der Waals surface area contributed by atoms with Crippen molar-refractivity contribution in [1.29, 1.82) is 0 Å². The Morgan fingerprint density at radius 1 is 1.29 bits per heavy atom. The molecule has 0 aliphatic carbocycles. The summed E-state index contributed by atoms with van der Waals surface area (Å²) in [6, 6.07) is 9.65. The Kier molecular flexibility index (Phi) is 5.37. The molecule has 1 aromatic carbocycles. The van der Waals surface area contributed by atoms with Crippen LogP contribution in [0.2, 0.25) is 0 Å². The molecular formula is C16H22N4O. The van der Waals surface area contributed by atoms with Crippen LogP contribution in [0.15, 0.2) is 42.7 Å². The second-order valence-electron chi connectivity index (χ2n) is 5.28. The molecule has 112 valence electrons. The summed E-state index contributed by atoms with van der Waals surface area (Å²) in [5.74, 6) is 0.496. The third-order valence-corrected chi connectivity index (χ3v) is 3.24. The lowest BCUT2D eigenvalue weighted by Crippen LogP contribution is -2.30. The zero-order chi connectivity index (χ0) is 15.1. The molecule has 0 radical (unpaired) electrons. The molecule has 0 fully saturated rings. The van der Waals surface area contributed by atoms with Gasteiger partial charge in [0.2, 0.25) is 0 Å². The van der Waals surface area contributed by atoms with Gasteiger partial charge in [0.15, 0.2) is 0 Å². The van der Waals surface area contributed by atoms with Crippen molar-refractivity contribution < 1.29 is 4.79 Å². The molecule has 5 nitrogen and oxygen atoms in total. The van der Waals surface area contributed by atoms with Gasteiger partial charge < -0.3 is 10.6 Å². The predicted molar refractivity (Wildman–Crippen MR) is 84.4 cm³/mol. The number of amides is 2. The Hall–Kier alpha value is -2.30. The Balaban J connectivity index is 1.69. The molecule has 21 heavy (non-hydrogen) atoms. The van der Waals surface area contributed by atoms with E-state index in [1.807, 2.05) is 41.2 Å². The fourth-order valence-electron chi connectivity index (χ4n) is 2.00. The minimum absolute atomic E-state index is 0.173. The number of nitrogens with zero attached hydrogens (tertiary/aromatic N) is 2. The number of urea groups is 1. The van der Waals surface area contributed by atoms with E-state index in [9.17, 15) is 4.79 Å². The van der Waals surface area contributed by atoms with Crippen LogP contribution >= 0.6 is 0 Å². The van der Waals surface area contributed by atoms with Crippen LogP contribution in [0.4, 0.5) is 10.5 Å². The Morgan fingerprint density at radius 2 is 2.05 bits per heavy atom. The lowest BCUT2D eigenvalue weighted by Gasteiger charge is -2.09. The van der Waals surface area contributed by atoms with Crippen molar-refractivity contribution in [3.63, 3.8) is 0 Å². The first-order valence-electron chi connectivity index (χ1n) is 7.27.